The molecule has 3 aromatic rings. The summed E-state index contributed by atoms with van der Waals surface area (Å²) in [5, 5.41) is 14.5. The lowest BCUT2D eigenvalue weighted by Gasteiger charge is -2.03. The first kappa shape index (κ1) is 12.2. The Morgan fingerprint density at radius 3 is 2.75 bits per heavy atom. The van der Waals surface area contributed by atoms with Crippen molar-refractivity contribution in [3.05, 3.63) is 52.4 Å². The quantitative estimate of drug-likeness (QED) is 0.673. The van der Waals surface area contributed by atoms with E-state index < -0.39 is 0 Å². The van der Waals surface area contributed by atoms with Gasteiger partial charge in [-0.25, -0.2) is 4.68 Å². The van der Waals surface area contributed by atoms with Gasteiger partial charge < -0.3 is 4.57 Å². The second kappa shape index (κ2) is 4.35. The van der Waals surface area contributed by atoms with Crippen molar-refractivity contribution in [2.75, 3.05) is 0 Å². The first-order valence-corrected chi connectivity index (χ1v) is 6.14. The van der Waals surface area contributed by atoms with Crippen molar-refractivity contribution in [1.29, 1.82) is 5.26 Å². The molecule has 0 saturated heterocycles. The minimum Gasteiger partial charge on any atom is -0.350 e. The molecule has 0 N–H and O–H groups in total. The summed E-state index contributed by atoms with van der Waals surface area (Å²) >= 11 is 0. The Hall–Kier alpha value is -2.87. The van der Waals surface area contributed by atoms with Gasteiger partial charge in [-0.1, -0.05) is 18.2 Å². The van der Waals surface area contributed by atoms with Crippen molar-refractivity contribution < 1.29 is 0 Å². The molecule has 0 radical (unpaired) electrons. The van der Waals surface area contributed by atoms with Gasteiger partial charge in [-0.2, -0.15) is 10.4 Å². The highest BCUT2D eigenvalue weighted by atomic mass is 16.1. The lowest BCUT2D eigenvalue weighted by atomic mass is 10.1. The average Bonchev–Trinajstić information content (AvgIpc) is 2.79. The monoisotopic (exact) mass is 264 g/mol. The molecule has 1 aromatic carbocycles. The van der Waals surface area contributed by atoms with Crippen LogP contribution in [0.4, 0.5) is 0 Å². The number of fused-ring (bicyclic) bond motifs is 1. The van der Waals surface area contributed by atoms with Crippen LogP contribution in [0, 0.1) is 11.3 Å². The zero-order valence-corrected chi connectivity index (χ0v) is 11.2. The molecule has 20 heavy (non-hydrogen) atoms. The predicted octanol–water partition coefficient (Wildman–Crippen LogP) is 1.81. The van der Waals surface area contributed by atoms with E-state index in [-0.39, 0.29) is 5.56 Å². The summed E-state index contributed by atoms with van der Waals surface area (Å²) in [6.45, 7) is 0. The maximum Gasteiger partial charge on any atom is 0.267 e. The number of hydrogen-bond acceptors (Lipinski definition) is 3. The van der Waals surface area contributed by atoms with Crippen LogP contribution in [0.25, 0.3) is 22.2 Å². The molecule has 0 aliphatic rings. The molecule has 2 aromatic heterocycles. The van der Waals surface area contributed by atoms with Crippen LogP contribution >= 0.6 is 0 Å². The normalized spacial score (nSPS) is 10.7. The van der Waals surface area contributed by atoms with Gasteiger partial charge in [-0.05, 0) is 6.07 Å². The molecule has 0 aliphatic heterocycles. The van der Waals surface area contributed by atoms with E-state index in [1.54, 1.807) is 7.05 Å². The SMILES string of the molecule is Cn1nc(-c2cn(C)c3ccccc23)c(C#N)cc1=O. The third kappa shape index (κ3) is 1.70. The minimum absolute atomic E-state index is 0.287. The maximum atomic E-state index is 11.6. The first-order valence-electron chi connectivity index (χ1n) is 6.14. The van der Waals surface area contributed by atoms with Crippen LogP contribution in [0.3, 0.4) is 0 Å². The largest absolute Gasteiger partial charge is 0.350 e. The smallest absolute Gasteiger partial charge is 0.267 e. The van der Waals surface area contributed by atoms with Gasteiger partial charge in [-0.3, -0.25) is 4.79 Å². The number of rotatable bonds is 1. The van der Waals surface area contributed by atoms with E-state index in [1.165, 1.54) is 10.7 Å². The standard InChI is InChI=1S/C15H12N4O/c1-18-9-12(11-5-3-4-6-13(11)18)15-10(8-16)7-14(20)19(2)17-15/h3-7,9H,1-2H3. The fraction of sp³-hybridized carbons (Fsp3) is 0.133. The Bertz CT molecular complexity index is 912. The molecule has 3 rings (SSSR count). The van der Waals surface area contributed by atoms with Crippen molar-refractivity contribution in [2.24, 2.45) is 14.1 Å². The summed E-state index contributed by atoms with van der Waals surface area (Å²) in [4.78, 5) is 11.6. The number of nitriles is 1. The molecule has 5 nitrogen and oxygen atoms in total. The molecule has 0 unspecified atom stereocenters. The summed E-state index contributed by atoms with van der Waals surface area (Å²) in [5.74, 6) is 0. The highest BCUT2D eigenvalue weighted by Gasteiger charge is 2.14. The van der Waals surface area contributed by atoms with Crippen LogP contribution < -0.4 is 5.56 Å². The molecule has 5 heteroatoms. The molecule has 2 heterocycles. The molecule has 0 saturated carbocycles. The summed E-state index contributed by atoms with van der Waals surface area (Å²) in [6, 6.07) is 11.3. The van der Waals surface area contributed by atoms with Gasteiger partial charge in [0.15, 0.2) is 0 Å². The molecule has 0 atom stereocenters. The third-order valence-corrected chi connectivity index (χ3v) is 3.36. The second-order valence-corrected chi connectivity index (χ2v) is 4.65. The summed E-state index contributed by atoms with van der Waals surface area (Å²) in [7, 11) is 3.53. The van der Waals surface area contributed by atoms with Gasteiger partial charge in [0.05, 0.1) is 5.56 Å². The number of aryl methyl sites for hydroxylation is 2. The average molecular weight is 264 g/mol. The van der Waals surface area contributed by atoms with Crippen molar-refractivity contribution in [3.8, 4) is 17.3 Å². The van der Waals surface area contributed by atoms with E-state index in [9.17, 15) is 10.1 Å². The highest BCUT2D eigenvalue weighted by Crippen LogP contribution is 2.29. The lowest BCUT2D eigenvalue weighted by molar-refractivity contribution is 0.710. The zero-order valence-electron chi connectivity index (χ0n) is 11.2. The Labute approximate surface area is 115 Å². The van der Waals surface area contributed by atoms with E-state index in [0.717, 1.165) is 16.5 Å². The molecule has 0 spiro atoms. The lowest BCUT2D eigenvalue weighted by Crippen LogP contribution is -2.20. The molecule has 0 amide bonds. The molecule has 0 aliphatic carbocycles. The fourth-order valence-corrected chi connectivity index (χ4v) is 2.35. The van der Waals surface area contributed by atoms with E-state index in [2.05, 4.69) is 11.2 Å². The van der Waals surface area contributed by atoms with Gasteiger partial charge in [0.1, 0.15) is 11.8 Å². The fourth-order valence-electron chi connectivity index (χ4n) is 2.35. The van der Waals surface area contributed by atoms with E-state index in [0.29, 0.717) is 11.3 Å². The van der Waals surface area contributed by atoms with Crippen molar-refractivity contribution in [1.82, 2.24) is 14.3 Å². The van der Waals surface area contributed by atoms with Gasteiger partial charge in [-0.15, -0.1) is 0 Å². The number of para-hydroxylation sites is 1. The number of aromatic nitrogens is 3. The van der Waals surface area contributed by atoms with Gasteiger partial charge in [0, 0.05) is 42.8 Å². The second-order valence-electron chi connectivity index (χ2n) is 4.65. The zero-order chi connectivity index (χ0) is 14.3. The van der Waals surface area contributed by atoms with Crippen molar-refractivity contribution in [3.63, 3.8) is 0 Å². The molecule has 0 bridgehead atoms. The molecular formula is C15H12N4O. The van der Waals surface area contributed by atoms with Crippen LogP contribution in [-0.4, -0.2) is 14.3 Å². The van der Waals surface area contributed by atoms with Crippen LogP contribution in [0.1, 0.15) is 5.56 Å². The predicted molar refractivity (Wildman–Crippen MR) is 76.1 cm³/mol. The van der Waals surface area contributed by atoms with E-state index in [4.69, 9.17) is 0 Å². The Morgan fingerprint density at radius 2 is 2.00 bits per heavy atom. The first-order chi connectivity index (χ1) is 9.61. The minimum atomic E-state index is -0.287. The van der Waals surface area contributed by atoms with Gasteiger partial charge >= 0.3 is 0 Å². The molecular weight excluding hydrogens is 252 g/mol. The van der Waals surface area contributed by atoms with E-state index in [1.807, 2.05) is 42.1 Å². The van der Waals surface area contributed by atoms with Gasteiger partial charge in [0.25, 0.3) is 5.56 Å². The summed E-state index contributed by atoms with van der Waals surface area (Å²) in [5.41, 5.74) is 2.46. The van der Waals surface area contributed by atoms with Crippen LogP contribution in [0.2, 0.25) is 0 Å². The number of nitrogens with zero attached hydrogens (tertiary/aromatic N) is 4. The van der Waals surface area contributed by atoms with Crippen LogP contribution in [-0.2, 0) is 14.1 Å². The molecule has 98 valence electrons. The summed E-state index contributed by atoms with van der Waals surface area (Å²) < 4.78 is 3.23. The summed E-state index contributed by atoms with van der Waals surface area (Å²) in [6.07, 6.45) is 1.93. The molecule has 0 fully saturated rings. The van der Waals surface area contributed by atoms with Crippen LogP contribution in [0.15, 0.2) is 41.3 Å². The Morgan fingerprint density at radius 1 is 1.25 bits per heavy atom. The maximum absolute atomic E-state index is 11.6. The Kier molecular flexibility index (Phi) is 2.65. The topological polar surface area (TPSA) is 63.6 Å². The number of benzene rings is 1. The van der Waals surface area contributed by atoms with Gasteiger partial charge in [0.2, 0.25) is 0 Å². The highest BCUT2D eigenvalue weighted by molar-refractivity contribution is 5.96. The number of hydrogen-bond donors (Lipinski definition) is 0. The van der Waals surface area contributed by atoms with Crippen molar-refractivity contribution in [2.45, 2.75) is 0 Å². The Balaban J connectivity index is 2.40. The van der Waals surface area contributed by atoms with Crippen LogP contribution in [0.5, 0.6) is 0 Å². The third-order valence-electron chi connectivity index (χ3n) is 3.36. The van der Waals surface area contributed by atoms with E-state index >= 15 is 0 Å². The van der Waals surface area contributed by atoms with Crippen molar-refractivity contribution >= 4 is 10.9 Å².